The monoisotopic (exact) mass is 399 g/mol. The van der Waals surface area contributed by atoms with Gasteiger partial charge in [-0.15, -0.1) is 0 Å². The second-order valence-corrected chi connectivity index (χ2v) is 8.17. The molecule has 2 N–H and O–H groups in total. The number of halogens is 1. The van der Waals surface area contributed by atoms with Crippen LogP contribution in [0.5, 0.6) is 0 Å². The molecule has 0 aromatic heterocycles. The van der Waals surface area contributed by atoms with E-state index >= 15 is 0 Å². The minimum Gasteiger partial charge on any atom is -0.371 e. The van der Waals surface area contributed by atoms with Gasteiger partial charge in [0.2, 0.25) is 0 Å². The molecule has 2 aromatic rings. The Kier molecular flexibility index (Phi) is 5.85. The Hall–Kier alpha value is -2.08. The number of carbonyl (C=O) groups is 1. The number of urea groups is 1. The molecule has 0 spiro atoms. The number of hydrogen-bond donors (Lipinski definition) is 2. The normalized spacial score (nSPS) is 24.6. The molecule has 2 amide bonds. The molecular formula is C22H26ClN3O2. The van der Waals surface area contributed by atoms with Crippen molar-refractivity contribution in [2.24, 2.45) is 0 Å². The lowest BCUT2D eigenvalue weighted by atomic mass is 10.1. The molecule has 4 rings (SSSR count). The summed E-state index contributed by atoms with van der Waals surface area (Å²) in [5.74, 6) is 0. The number of morpholine rings is 1. The molecule has 2 fully saturated rings. The molecule has 0 aliphatic carbocycles. The van der Waals surface area contributed by atoms with Crippen LogP contribution in [0.15, 0.2) is 48.5 Å². The number of aryl methyl sites for hydroxylation is 1. The van der Waals surface area contributed by atoms with E-state index in [-0.39, 0.29) is 18.2 Å². The molecule has 2 aliphatic heterocycles. The van der Waals surface area contributed by atoms with Gasteiger partial charge in [-0.2, -0.15) is 0 Å². The number of benzene rings is 2. The summed E-state index contributed by atoms with van der Waals surface area (Å²) in [6.07, 6.45) is 0.980. The molecule has 2 aliphatic rings. The Balaban J connectivity index is 1.27. The maximum Gasteiger partial charge on any atom is 0.315 e. The zero-order valence-electron chi connectivity index (χ0n) is 16.0. The highest BCUT2D eigenvalue weighted by Gasteiger charge is 2.38. The fourth-order valence-electron chi connectivity index (χ4n) is 4.10. The summed E-state index contributed by atoms with van der Waals surface area (Å²) in [7, 11) is 0. The Morgan fingerprint density at radius 2 is 2.04 bits per heavy atom. The molecule has 28 heavy (non-hydrogen) atoms. The van der Waals surface area contributed by atoms with E-state index in [2.05, 4.69) is 34.6 Å². The summed E-state index contributed by atoms with van der Waals surface area (Å²) in [6, 6.07) is 16.4. The first kappa shape index (κ1) is 19.2. The van der Waals surface area contributed by atoms with Crippen LogP contribution in [0, 0.1) is 6.92 Å². The summed E-state index contributed by atoms with van der Waals surface area (Å²) in [5.41, 5.74) is 3.45. The highest BCUT2D eigenvalue weighted by molar-refractivity contribution is 6.30. The molecular weight excluding hydrogens is 374 g/mol. The molecule has 5 nitrogen and oxygen atoms in total. The van der Waals surface area contributed by atoms with Gasteiger partial charge in [-0.05, 0) is 36.6 Å². The van der Waals surface area contributed by atoms with Crippen LogP contribution < -0.4 is 10.6 Å². The third-order valence-corrected chi connectivity index (χ3v) is 5.78. The topological polar surface area (TPSA) is 53.6 Å². The number of hydrogen-bond acceptors (Lipinski definition) is 3. The number of ether oxygens (including phenoxy) is 1. The first-order valence-electron chi connectivity index (χ1n) is 9.78. The van der Waals surface area contributed by atoms with Crippen LogP contribution in [0.2, 0.25) is 5.02 Å². The van der Waals surface area contributed by atoms with Gasteiger partial charge < -0.3 is 15.4 Å². The van der Waals surface area contributed by atoms with Crippen LogP contribution in [-0.2, 0) is 11.3 Å². The van der Waals surface area contributed by atoms with E-state index in [4.69, 9.17) is 16.3 Å². The molecule has 0 unspecified atom stereocenters. The van der Waals surface area contributed by atoms with Crippen molar-refractivity contribution >= 4 is 17.6 Å². The minimum absolute atomic E-state index is 0.0578. The number of nitrogens with zero attached hydrogens (tertiary/aromatic N) is 1. The first-order valence-corrected chi connectivity index (χ1v) is 10.2. The van der Waals surface area contributed by atoms with E-state index in [9.17, 15) is 4.79 Å². The van der Waals surface area contributed by atoms with Crippen molar-refractivity contribution < 1.29 is 9.53 Å². The Labute approximate surface area is 171 Å². The van der Waals surface area contributed by atoms with Crippen LogP contribution >= 0.6 is 11.6 Å². The smallest absolute Gasteiger partial charge is 0.315 e. The van der Waals surface area contributed by atoms with Crippen molar-refractivity contribution in [3.05, 3.63) is 70.2 Å². The van der Waals surface area contributed by atoms with Crippen LogP contribution in [0.4, 0.5) is 4.79 Å². The number of rotatable bonds is 4. The highest BCUT2D eigenvalue weighted by Crippen LogP contribution is 2.30. The lowest BCUT2D eigenvalue weighted by Gasteiger charge is -2.35. The number of nitrogens with one attached hydrogen (secondary N) is 2. The molecule has 0 radical (unpaired) electrons. The predicted molar refractivity (Wildman–Crippen MR) is 110 cm³/mol. The minimum atomic E-state index is -0.110. The zero-order valence-corrected chi connectivity index (χ0v) is 16.8. The molecule has 0 saturated carbocycles. The van der Waals surface area contributed by atoms with Crippen molar-refractivity contribution in [3.8, 4) is 0 Å². The fraction of sp³-hybridized carbons (Fsp3) is 0.409. The zero-order chi connectivity index (χ0) is 19.5. The Morgan fingerprint density at radius 3 is 2.82 bits per heavy atom. The van der Waals surface area contributed by atoms with Gasteiger partial charge in [0.1, 0.15) is 0 Å². The second-order valence-electron chi connectivity index (χ2n) is 7.73. The average Bonchev–Trinajstić information content (AvgIpc) is 3.08. The summed E-state index contributed by atoms with van der Waals surface area (Å²) in [5, 5.41) is 6.82. The van der Waals surface area contributed by atoms with Crippen LogP contribution in [-0.4, -0.2) is 42.7 Å². The summed E-state index contributed by atoms with van der Waals surface area (Å²) >= 11 is 5.98. The van der Waals surface area contributed by atoms with E-state index < -0.39 is 0 Å². The van der Waals surface area contributed by atoms with Crippen LogP contribution in [0.3, 0.4) is 0 Å². The molecule has 2 saturated heterocycles. The first-order chi connectivity index (χ1) is 13.6. The van der Waals surface area contributed by atoms with Gasteiger partial charge in [-0.1, -0.05) is 53.6 Å². The van der Waals surface area contributed by atoms with Crippen molar-refractivity contribution in [3.63, 3.8) is 0 Å². The van der Waals surface area contributed by atoms with E-state index in [0.717, 1.165) is 35.7 Å². The molecule has 2 heterocycles. The second kappa shape index (κ2) is 8.52. The van der Waals surface area contributed by atoms with Gasteiger partial charge in [0.25, 0.3) is 0 Å². The van der Waals surface area contributed by atoms with Crippen LogP contribution in [0.1, 0.15) is 29.2 Å². The van der Waals surface area contributed by atoms with Crippen molar-refractivity contribution in [2.75, 3.05) is 19.7 Å². The quantitative estimate of drug-likeness (QED) is 0.824. The van der Waals surface area contributed by atoms with Gasteiger partial charge >= 0.3 is 6.03 Å². The molecule has 3 atom stereocenters. The lowest BCUT2D eigenvalue weighted by Crippen LogP contribution is -2.44. The highest BCUT2D eigenvalue weighted by atomic mass is 35.5. The Morgan fingerprint density at radius 1 is 1.21 bits per heavy atom. The molecule has 148 valence electrons. The number of carbonyl (C=O) groups excluding carboxylic acids is 1. The molecule has 2 aromatic carbocycles. The number of fused-ring (bicyclic) bond motifs is 1. The van der Waals surface area contributed by atoms with E-state index in [1.165, 1.54) is 5.56 Å². The summed E-state index contributed by atoms with van der Waals surface area (Å²) in [4.78, 5) is 14.7. The molecule has 0 bridgehead atoms. The van der Waals surface area contributed by atoms with Gasteiger partial charge in [0.15, 0.2) is 0 Å². The standard InChI is InChI=1S/C22H26ClN3O2/c1-15-3-2-4-16(9-15)11-24-22(27)25-19-10-20-14-28-21(13-26(20)12-19)17-5-7-18(23)8-6-17/h2-9,19-21H,10-14H2,1H3,(H2,24,25,27)/t19-,20+,21-/m1/s1. The van der Waals surface area contributed by atoms with E-state index in [1.807, 2.05) is 36.4 Å². The predicted octanol–water partition coefficient (Wildman–Crippen LogP) is 3.66. The third kappa shape index (κ3) is 4.66. The average molecular weight is 400 g/mol. The van der Waals surface area contributed by atoms with Crippen molar-refractivity contribution in [2.45, 2.75) is 38.1 Å². The van der Waals surface area contributed by atoms with Crippen molar-refractivity contribution in [1.82, 2.24) is 15.5 Å². The largest absolute Gasteiger partial charge is 0.371 e. The maximum atomic E-state index is 12.3. The van der Waals surface area contributed by atoms with E-state index in [0.29, 0.717) is 19.2 Å². The maximum absolute atomic E-state index is 12.3. The summed E-state index contributed by atoms with van der Waals surface area (Å²) in [6.45, 7) is 4.98. The van der Waals surface area contributed by atoms with Gasteiger partial charge in [0, 0.05) is 36.7 Å². The summed E-state index contributed by atoms with van der Waals surface area (Å²) < 4.78 is 6.07. The van der Waals surface area contributed by atoms with Crippen LogP contribution in [0.25, 0.3) is 0 Å². The van der Waals surface area contributed by atoms with Gasteiger partial charge in [-0.3, -0.25) is 4.90 Å². The molecule has 6 heteroatoms. The van der Waals surface area contributed by atoms with Gasteiger partial charge in [-0.25, -0.2) is 4.79 Å². The lowest BCUT2D eigenvalue weighted by molar-refractivity contribution is -0.0502. The fourth-order valence-corrected chi connectivity index (χ4v) is 4.22. The van der Waals surface area contributed by atoms with Crippen molar-refractivity contribution in [1.29, 1.82) is 0 Å². The SMILES string of the molecule is Cc1cccc(CNC(=O)N[C@@H]2C[C@H]3CO[C@@H](c4ccc(Cl)cc4)CN3C2)c1. The third-order valence-electron chi connectivity index (χ3n) is 5.53. The van der Waals surface area contributed by atoms with Gasteiger partial charge in [0.05, 0.1) is 12.7 Å². The van der Waals surface area contributed by atoms with E-state index in [1.54, 1.807) is 0 Å². The Bertz CT molecular complexity index is 827. The number of amides is 2.